The molecule has 8 rings (SSSR count). The fourth-order valence-electron chi connectivity index (χ4n) is 8.64. The molecule has 0 aliphatic carbocycles. The summed E-state index contributed by atoms with van der Waals surface area (Å²) in [4.78, 5) is 41.2. The molecule has 8 aromatic carbocycles. The molecule has 0 saturated heterocycles. The highest BCUT2D eigenvalue weighted by atomic mass is 16.5. The minimum Gasteiger partial charge on any atom is -0.458 e. The zero-order valence-electron chi connectivity index (χ0n) is 38.8. The molecule has 0 saturated carbocycles. The first kappa shape index (κ1) is 47.3. The van der Waals surface area contributed by atoms with Crippen molar-refractivity contribution in [1.29, 1.82) is 0 Å². The molecule has 0 spiro atoms. The number of fused-ring (bicyclic) bond motifs is 2. The molecule has 0 fully saturated rings. The van der Waals surface area contributed by atoms with Gasteiger partial charge in [-0.3, -0.25) is 4.79 Å². The van der Waals surface area contributed by atoms with Gasteiger partial charge in [0.25, 0.3) is 0 Å². The fourth-order valence-corrected chi connectivity index (χ4v) is 8.64. The Morgan fingerprint density at radius 2 is 0.750 bits per heavy atom. The van der Waals surface area contributed by atoms with Crippen LogP contribution in [0.2, 0.25) is 0 Å². The van der Waals surface area contributed by atoms with Crippen LogP contribution in [0.25, 0.3) is 21.5 Å². The van der Waals surface area contributed by atoms with Crippen molar-refractivity contribution in [2.24, 2.45) is 0 Å². The van der Waals surface area contributed by atoms with E-state index in [9.17, 15) is 14.4 Å². The molecule has 7 heteroatoms. The van der Waals surface area contributed by atoms with Gasteiger partial charge in [-0.25, -0.2) is 9.59 Å². The van der Waals surface area contributed by atoms with Crippen LogP contribution in [0.4, 0.5) is 0 Å². The molecule has 0 N–H and O–H groups in total. The maximum absolute atomic E-state index is 13.9. The molecule has 4 unspecified atom stereocenters. The zero-order valence-corrected chi connectivity index (χ0v) is 38.8. The summed E-state index contributed by atoms with van der Waals surface area (Å²) < 4.78 is 24.5. The van der Waals surface area contributed by atoms with Crippen molar-refractivity contribution in [2.75, 3.05) is 13.2 Å². The summed E-state index contributed by atoms with van der Waals surface area (Å²) in [7, 11) is 0. The molecule has 0 radical (unpaired) electrons. The number of ether oxygens (including phenoxy) is 4. The average Bonchev–Trinajstić information content (AvgIpc) is 3.39. The number of ketones is 1. The highest BCUT2D eigenvalue weighted by molar-refractivity contribution is 6.09. The molecule has 68 heavy (non-hydrogen) atoms. The lowest BCUT2D eigenvalue weighted by atomic mass is 9.89. The molecule has 0 amide bonds. The Hall–Kier alpha value is -7.19. The van der Waals surface area contributed by atoms with E-state index < -0.39 is 12.2 Å². The summed E-state index contributed by atoms with van der Waals surface area (Å²) in [6.45, 7) is 6.21. The predicted molar refractivity (Wildman–Crippen MR) is 270 cm³/mol. The Morgan fingerprint density at radius 1 is 0.397 bits per heavy atom. The van der Waals surface area contributed by atoms with Gasteiger partial charge in [-0.1, -0.05) is 184 Å². The van der Waals surface area contributed by atoms with Crippen molar-refractivity contribution in [2.45, 2.75) is 76.8 Å². The highest BCUT2D eigenvalue weighted by Crippen LogP contribution is 2.30. The van der Waals surface area contributed by atoms with Gasteiger partial charge < -0.3 is 18.9 Å². The van der Waals surface area contributed by atoms with E-state index in [1.54, 1.807) is 0 Å². The average molecular weight is 903 g/mol. The first-order valence-corrected chi connectivity index (χ1v) is 23.7. The fraction of sp³-hybridized carbons (Fsp3) is 0.230. The van der Waals surface area contributed by atoms with Crippen LogP contribution in [-0.2, 0) is 32.2 Å². The van der Waals surface area contributed by atoms with E-state index in [0.717, 1.165) is 43.8 Å². The lowest BCUT2D eigenvalue weighted by molar-refractivity contribution is 0.0177. The number of carbonyl (C=O) groups excluding carboxylic acids is 3. The largest absolute Gasteiger partial charge is 0.458 e. The summed E-state index contributed by atoms with van der Waals surface area (Å²) >= 11 is 0. The molecule has 0 aromatic heterocycles. The van der Waals surface area contributed by atoms with Gasteiger partial charge in [0, 0.05) is 36.2 Å². The molecule has 344 valence electrons. The third kappa shape index (κ3) is 12.6. The minimum atomic E-state index is -0.428. The van der Waals surface area contributed by atoms with Crippen LogP contribution in [0, 0.1) is 0 Å². The van der Waals surface area contributed by atoms with Gasteiger partial charge in [0.15, 0.2) is 5.78 Å². The molecule has 0 bridgehead atoms. The van der Waals surface area contributed by atoms with E-state index in [1.165, 1.54) is 0 Å². The summed E-state index contributed by atoms with van der Waals surface area (Å²) in [5.41, 5.74) is 6.25. The molecular weight excluding hydrogens is 845 g/mol. The predicted octanol–water partition coefficient (Wildman–Crippen LogP) is 13.9. The standard InChI is InChI=1S/C61H58O7/c1-43(57(23-13-37-65-41-45-15-5-3-6-16-45)67-60(63)55-35-29-49-19-9-11-21-53(49)39-55)47-25-31-51(32-26-47)59(62)52-33-27-48(28-34-52)44(2)58(24-14-38-66-42-46-17-7-4-8-18-46)68-61(64)56-36-30-50-20-10-12-22-54(50)40-56/h3-12,15-22,25-36,39-40,43-44,57-58H,13-14,23-24,37-38,41-42H2,1-2H3. The number of esters is 2. The van der Waals surface area contributed by atoms with E-state index in [0.29, 0.717) is 74.4 Å². The van der Waals surface area contributed by atoms with Crippen LogP contribution in [0.15, 0.2) is 194 Å². The molecule has 4 atom stereocenters. The van der Waals surface area contributed by atoms with Crippen LogP contribution in [0.1, 0.15) is 110 Å². The lowest BCUT2D eigenvalue weighted by Gasteiger charge is -2.25. The monoisotopic (exact) mass is 902 g/mol. The van der Waals surface area contributed by atoms with E-state index in [4.69, 9.17) is 18.9 Å². The van der Waals surface area contributed by atoms with Crippen molar-refractivity contribution in [3.63, 3.8) is 0 Å². The molecular formula is C61H58O7. The lowest BCUT2D eigenvalue weighted by Crippen LogP contribution is -2.25. The van der Waals surface area contributed by atoms with E-state index in [1.807, 2.05) is 194 Å². The second-order valence-electron chi connectivity index (χ2n) is 17.5. The van der Waals surface area contributed by atoms with E-state index in [-0.39, 0.29) is 29.6 Å². The number of hydrogen-bond acceptors (Lipinski definition) is 7. The molecule has 0 aliphatic heterocycles. The first-order valence-electron chi connectivity index (χ1n) is 23.7. The summed E-state index contributed by atoms with van der Waals surface area (Å²) in [5.74, 6) is -1.16. The second kappa shape index (κ2) is 23.5. The Morgan fingerprint density at radius 3 is 1.15 bits per heavy atom. The van der Waals surface area contributed by atoms with E-state index >= 15 is 0 Å². The second-order valence-corrected chi connectivity index (χ2v) is 17.5. The number of carbonyl (C=O) groups is 3. The Kier molecular flexibility index (Phi) is 16.4. The van der Waals surface area contributed by atoms with Crippen LogP contribution < -0.4 is 0 Å². The zero-order chi connectivity index (χ0) is 47.1. The van der Waals surface area contributed by atoms with Gasteiger partial charge in [0.05, 0.1) is 24.3 Å². The van der Waals surface area contributed by atoms with Gasteiger partial charge in [-0.2, -0.15) is 0 Å². The van der Waals surface area contributed by atoms with Crippen molar-refractivity contribution in [1.82, 2.24) is 0 Å². The van der Waals surface area contributed by atoms with Crippen LogP contribution >= 0.6 is 0 Å². The summed E-state index contributed by atoms with van der Waals surface area (Å²) in [6.07, 6.45) is 1.76. The smallest absolute Gasteiger partial charge is 0.338 e. The Balaban J connectivity index is 0.921. The van der Waals surface area contributed by atoms with Crippen molar-refractivity contribution in [3.05, 3.63) is 239 Å². The third-order valence-electron chi connectivity index (χ3n) is 12.8. The summed E-state index contributed by atoms with van der Waals surface area (Å²) in [5, 5.41) is 4.07. The van der Waals surface area contributed by atoms with Crippen molar-refractivity contribution >= 4 is 39.3 Å². The van der Waals surface area contributed by atoms with Gasteiger partial charge in [0.1, 0.15) is 12.2 Å². The van der Waals surface area contributed by atoms with Gasteiger partial charge in [-0.05, 0) is 93.7 Å². The molecule has 0 aliphatic rings. The Labute approximate surface area is 399 Å². The Bertz CT molecular complexity index is 2690. The quantitative estimate of drug-likeness (QED) is 0.0380. The number of rotatable bonds is 22. The molecule has 7 nitrogen and oxygen atoms in total. The number of hydrogen-bond donors (Lipinski definition) is 0. The molecule has 8 aromatic rings. The minimum absolute atomic E-state index is 0.104. The van der Waals surface area contributed by atoms with Gasteiger partial charge in [-0.15, -0.1) is 0 Å². The van der Waals surface area contributed by atoms with Crippen molar-refractivity contribution in [3.8, 4) is 0 Å². The normalized spacial score (nSPS) is 13.1. The SMILES string of the molecule is CC(c1ccc(C(=O)c2ccc(C(C)C(CCCOCc3ccccc3)OC(=O)c3ccc4ccccc4c3)cc2)cc1)C(CCCOCc1ccccc1)OC(=O)c1ccc2ccccc2c1. The highest BCUT2D eigenvalue weighted by Gasteiger charge is 2.26. The van der Waals surface area contributed by atoms with Crippen LogP contribution in [0.3, 0.4) is 0 Å². The van der Waals surface area contributed by atoms with Gasteiger partial charge in [0.2, 0.25) is 0 Å². The topological polar surface area (TPSA) is 88.1 Å². The van der Waals surface area contributed by atoms with Crippen LogP contribution in [0.5, 0.6) is 0 Å². The summed E-state index contributed by atoms with van der Waals surface area (Å²) in [6, 6.07) is 62.5. The third-order valence-corrected chi connectivity index (χ3v) is 12.8. The van der Waals surface area contributed by atoms with Gasteiger partial charge >= 0.3 is 11.9 Å². The van der Waals surface area contributed by atoms with Crippen LogP contribution in [-0.4, -0.2) is 43.1 Å². The first-order chi connectivity index (χ1) is 33.3. The number of benzene rings is 8. The maximum atomic E-state index is 13.9. The van der Waals surface area contributed by atoms with E-state index in [2.05, 4.69) is 13.8 Å². The maximum Gasteiger partial charge on any atom is 0.338 e. The molecule has 0 heterocycles. The van der Waals surface area contributed by atoms with Crippen molar-refractivity contribution < 1.29 is 33.3 Å².